The summed E-state index contributed by atoms with van der Waals surface area (Å²) < 4.78 is 45.1. The monoisotopic (exact) mass is 363 g/mol. The Hall–Kier alpha value is -2.25. The van der Waals surface area contributed by atoms with E-state index in [1.165, 1.54) is 46.8 Å². The van der Waals surface area contributed by atoms with Crippen LogP contribution in [0.5, 0.6) is 5.75 Å². The largest absolute Gasteiger partial charge is 0.423 e. The van der Waals surface area contributed by atoms with Gasteiger partial charge >= 0.3 is 5.97 Å². The van der Waals surface area contributed by atoms with Crippen molar-refractivity contribution >= 4 is 16.0 Å². The van der Waals surface area contributed by atoms with Crippen LogP contribution in [0.15, 0.2) is 53.4 Å². The molecule has 7 heteroatoms. The number of rotatable bonds is 4. The van der Waals surface area contributed by atoms with E-state index in [0.29, 0.717) is 13.1 Å². The van der Waals surface area contributed by atoms with Crippen LogP contribution < -0.4 is 4.74 Å². The number of esters is 1. The van der Waals surface area contributed by atoms with Gasteiger partial charge in [-0.3, -0.25) is 0 Å². The lowest BCUT2D eigenvalue weighted by Gasteiger charge is -2.25. The smallest absolute Gasteiger partial charge is 0.343 e. The standard InChI is InChI=1S/C18H18FNO4S/c19-15-7-5-8-16(13-15)24-18(21)14-6-4-9-17(12-14)25(22,23)20-10-2-1-3-11-20/h4-9,12-13H,1-3,10-11H2. The number of carbonyl (C=O) groups is 1. The van der Waals surface area contributed by atoms with E-state index in [4.69, 9.17) is 4.74 Å². The first-order valence-corrected chi connectivity index (χ1v) is 9.49. The third-order valence-electron chi connectivity index (χ3n) is 4.03. The maximum atomic E-state index is 13.2. The van der Waals surface area contributed by atoms with Gasteiger partial charge in [-0.2, -0.15) is 4.31 Å². The van der Waals surface area contributed by atoms with Gasteiger partial charge in [-0.05, 0) is 43.2 Å². The van der Waals surface area contributed by atoms with Crippen molar-refractivity contribution in [1.82, 2.24) is 4.31 Å². The van der Waals surface area contributed by atoms with Crippen molar-refractivity contribution in [3.63, 3.8) is 0 Å². The highest BCUT2D eigenvalue weighted by molar-refractivity contribution is 7.89. The molecule has 25 heavy (non-hydrogen) atoms. The van der Waals surface area contributed by atoms with Crippen molar-refractivity contribution in [2.24, 2.45) is 0 Å². The maximum Gasteiger partial charge on any atom is 0.343 e. The Morgan fingerprint density at radius 1 is 1.00 bits per heavy atom. The first-order valence-electron chi connectivity index (χ1n) is 8.05. The molecule has 1 aliphatic heterocycles. The van der Waals surface area contributed by atoms with Crippen molar-refractivity contribution in [2.45, 2.75) is 24.2 Å². The topological polar surface area (TPSA) is 63.7 Å². The molecule has 1 heterocycles. The molecule has 0 bridgehead atoms. The summed E-state index contributed by atoms with van der Waals surface area (Å²) in [7, 11) is -3.63. The molecule has 3 rings (SSSR count). The average molecular weight is 363 g/mol. The fourth-order valence-corrected chi connectivity index (χ4v) is 4.30. The van der Waals surface area contributed by atoms with E-state index in [9.17, 15) is 17.6 Å². The Labute approximate surface area is 146 Å². The summed E-state index contributed by atoms with van der Waals surface area (Å²) in [6.07, 6.45) is 2.69. The van der Waals surface area contributed by atoms with Gasteiger partial charge in [0.15, 0.2) is 0 Å². The van der Waals surface area contributed by atoms with Crippen LogP contribution in [0, 0.1) is 5.82 Å². The number of ether oxygens (including phenoxy) is 1. The number of hydrogen-bond donors (Lipinski definition) is 0. The van der Waals surface area contributed by atoms with Crippen LogP contribution in [-0.4, -0.2) is 31.8 Å². The van der Waals surface area contributed by atoms with Gasteiger partial charge in [-0.15, -0.1) is 0 Å². The Morgan fingerprint density at radius 3 is 2.44 bits per heavy atom. The first-order chi connectivity index (χ1) is 12.0. The van der Waals surface area contributed by atoms with E-state index < -0.39 is 21.8 Å². The number of sulfonamides is 1. The summed E-state index contributed by atoms with van der Waals surface area (Å²) in [6, 6.07) is 10.9. The van der Waals surface area contributed by atoms with Gasteiger partial charge in [-0.1, -0.05) is 18.6 Å². The van der Waals surface area contributed by atoms with Crippen LogP contribution in [-0.2, 0) is 10.0 Å². The van der Waals surface area contributed by atoms with Gasteiger partial charge in [0.25, 0.3) is 0 Å². The molecular formula is C18H18FNO4S. The second-order valence-corrected chi connectivity index (χ2v) is 7.78. The molecule has 0 N–H and O–H groups in total. The van der Waals surface area contributed by atoms with Crippen LogP contribution in [0.4, 0.5) is 4.39 Å². The summed E-state index contributed by atoms with van der Waals surface area (Å²) in [6.45, 7) is 0.973. The Bertz CT molecular complexity index is 876. The normalized spacial score (nSPS) is 15.7. The van der Waals surface area contributed by atoms with E-state index in [0.717, 1.165) is 25.3 Å². The first kappa shape index (κ1) is 17.6. The van der Waals surface area contributed by atoms with E-state index >= 15 is 0 Å². The predicted molar refractivity (Wildman–Crippen MR) is 90.4 cm³/mol. The second-order valence-electron chi connectivity index (χ2n) is 5.84. The molecule has 132 valence electrons. The molecule has 1 aliphatic rings. The fraction of sp³-hybridized carbons (Fsp3) is 0.278. The molecule has 0 aromatic heterocycles. The van der Waals surface area contributed by atoms with E-state index in [-0.39, 0.29) is 16.2 Å². The van der Waals surface area contributed by atoms with Crippen LogP contribution in [0.1, 0.15) is 29.6 Å². The quantitative estimate of drug-likeness (QED) is 0.618. The molecule has 1 fully saturated rings. The van der Waals surface area contributed by atoms with E-state index in [1.807, 2.05) is 0 Å². The van der Waals surface area contributed by atoms with Crippen LogP contribution in [0.3, 0.4) is 0 Å². The third-order valence-corrected chi connectivity index (χ3v) is 5.92. The number of benzene rings is 2. The molecule has 0 atom stereocenters. The number of halogens is 1. The zero-order valence-electron chi connectivity index (χ0n) is 13.5. The molecule has 2 aromatic carbocycles. The predicted octanol–water partition coefficient (Wildman–Crippen LogP) is 3.22. The zero-order valence-corrected chi connectivity index (χ0v) is 14.3. The van der Waals surface area contributed by atoms with Crippen molar-refractivity contribution < 1.29 is 22.3 Å². The van der Waals surface area contributed by atoms with Gasteiger partial charge in [0, 0.05) is 19.2 Å². The van der Waals surface area contributed by atoms with Gasteiger partial charge < -0.3 is 4.74 Å². The van der Waals surface area contributed by atoms with Crippen molar-refractivity contribution in [3.8, 4) is 5.75 Å². The molecule has 0 spiro atoms. The van der Waals surface area contributed by atoms with Crippen LogP contribution >= 0.6 is 0 Å². The van der Waals surface area contributed by atoms with Gasteiger partial charge in [0.2, 0.25) is 10.0 Å². The fourth-order valence-electron chi connectivity index (χ4n) is 2.73. The van der Waals surface area contributed by atoms with Crippen molar-refractivity contribution in [3.05, 3.63) is 59.9 Å². The minimum atomic E-state index is -3.63. The van der Waals surface area contributed by atoms with Gasteiger partial charge in [0.1, 0.15) is 11.6 Å². The molecule has 0 amide bonds. The zero-order chi connectivity index (χ0) is 17.9. The minimum Gasteiger partial charge on any atom is -0.423 e. The molecule has 0 unspecified atom stereocenters. The molecule has 2 aromatic rings. The second kappa shape index (κ2) is 7.33. The third kappa shape index (κ3) is 4.05. The molecule has 5 nitrogen and oxygen atoms in total. The highest BCUT2D eigenvalue weighted by Crippen LogP contribution is 2.22. The lowest BCUT2D eigenvalue weighted by molar-refractivity contribution is 0.0734. The van der Waals surface area contributed by atoms with Crippen molar-refractivity contribution in [2.75, 3.05) is 13.1 Å². The Kier molecular flexibility index (Phi) is 5.15. The summed E-state index contributed by atoms with van der Waals surface area (Å²) in [5.41, 5.74) is 0.0994. The number of hydrogen-bond acceptors (Lipinski definition) is 4. The lowest BCUT2D eigenvalue weighted by atomic mass is 10.2. The van der Waals surface area contributed by atoms with Crippen LogP contribution in [0.2, 0.25) is 0 Å². The van der Waals surface area contributed by atoms with Crippen molar-refractivity contribution in [1.29, 1.82) is 0 Å². The van der Waals surface area contributed by atoms with E-state index in [1.54, 1.807) is 0 Å². The minimum absolute atomic E-state index is 0.0584. The highest BCUT2D eigenvalue weighted by Gasteiger charge is 2.26. The van der Waals surface area contributed by atoms with Gasteiger partial charge in [0.05, 0.1) is 10.5 Å². The number of nitrogens with zero attached hydrogens (tertiary/aromatic N) is 1. The van der Waals surface area contributed by atoms with Crippen LogP contribution in [0.25, 0.3) is 0 Å². The number of piperidine rings is 1. The summed E-state index contributed by atoms with van der Waals surface area (Å²) in [5, 5.41) is 0. The molecule has 1 saturated heterocycles. The van der Waals surface area contributed by atoms with Gasteiger partial charge in [-0.25, -0.2) is 17.6 Å². The Balaban J connectivity index is 1.82. The molecule has 0 aliphatic carbocycles. The maximum absolute atomic E-state index is 13.2. The molecule has 0 saturated carbocycles. The van der Waals surface area contributed by atoms with E-state index in [2.05, 4.69) is 0 Å². The Morgan fingerprint density at radius 2 is 1.72 bits per heavy atom. The lowest BCUT2D eigenvalue weighted by Crippen LogP contribution is -2.35. The number of carbonyl (C=O) groups excluding carboxylic acids is 1. The molecule has 0 radical (unpaired) electrons. The highest BCUT2D eigenvalue weighted by atomic mass is 32.2. The summed E-state index contributed by atoms with van der Waals surface area (Å²) in [4.78, 5) is 12.3. The summed E-state index contributed by atoms with van der Waals surface area (Å²) in [5.74, 6) is -1.19. The molecular weight excluding hydrogens is 345 g/mol. The average Bonchev–Trinajstić information content (AvgIpc) is 2.62. The SMILES string of the molecule is O=C(Oc1cccc(F)c1)c1cccc(S(=O)(=O)N2CCCCC2)c1. The summed E-state index contributed by atoms with van der Waals surface area (Å²) >= 11 is 0.